The lowest BCUT2D eigenvalue weighted by Gasteiger charge is -2.12. The maximum atomic E-state index is 10.9. The molecule has 0 saturated heterocycles. The third-order valence-corrected chi connectivity index (χ3v) is 2.76. The summed E-state index contributed by atoms with van der Waals surface area (Å²) in [4.78, 5) is 10.9. The van der Waals surface area contributed by atoms with Crippen LogP contribution in [0.5, 0.6) is 0 Å². The van der Waals surface area contributed by atoms with Crippen LogP contribution in [0.2, 0.25) is 0 Å². The zero-order valence-electron chi connectivity index (χ0n) is 8.50. The van der Waals surface area contributed by atoms with Crippen molar-refractivity contribution in [1.82, 2.24) is 10.2 Å². The molecule has 0 aliphatic heterocycles. The van der Waals surface area contributed by atoms with Gasteiger partial charge in [0, 0.05) is 5.41 Å². The van der Waals surface area contributed by atoms with Crippen molar-refractivity contribution in [1.29, 1.82) is 0 Å². The summed E-state index contributed by atoms with van der Waals surface area (Å²) < 4.78 is 0. The van der Waals surface area contributed by atoms with Gasteiger partial charge in [-0.2, -0.15) is 0 Å². The highest BCUT2D eigenvalue weighted by atomic mass is 32.1. The van der Waals surface area contributed by atoms with Gasteiger partial charge >= 0.3 is 0 Å². The number of rotatable bonds is 2. The summed E-state index contributed by atoms with van der Waals surface area (Å²) in [5.74, 6) is -0.249. The lowest BCUT2D eigenvalue weighted by atomic mass is 9.98. The number of anilines is 1. The molecule has 0 fully saturated rings. The molecule has 3 N–H and O–H groups in total. The molecule has 0 bridgehead atoms. The molecular formula is C8H14N4OS. The molecule has 1 heterocycles. The van der Waals surface area contributed by atoms with Crippen LogP contribution in [0.4, 0.5) is 5.13 Å². The molecule has 5 nitrogen and oxygen atoms in total. The van der Waals surface area contributed by atoms with Gasteiger partial charge in [0.25, 0.3) is 0 Å². The van der Waals surface area contributed by atoms with Gasteiger partial charge in [0.05, 0.1) is 6.54 Å². The topological polar surface area (TPSA) is 80.9 Å². The summed E-state index contributed by atoms with van der Waals surface area (Å²) in [5.41, 5.74) is 5.12. The maximum Gasteiger partial charge on any atom is 0.239 e. The van der Waals surface area contributed by atoms with E-state index < -0.39 is 0 Å². The van der Waals surface area contributed by atoms with E-state index in [1.165, 1.54) is 11.3 Å². The lowest BCUT2D eigenvalue weighted by molar-refractivity contribution is -0.114. The zero-order chi connectivity index (χ0) is 10.8. The van der Waals surface area contributed by atoms with E-state index in [4.69, 9.17) is 5.73 Å². The molecule has 0 aromatic carbocycles. The van der Waals surface area contributed by atoms with Crippen molar-refractivity contribution in [2.45, 2.75) is 26.2 Å². The first kappa shape index (κ1) is 11.1. The van der Waals surface area contributed by atoms with Crippen molar-refractivity contribution in [3.05, 3.63) is 5.01 Å². The third-order valence-electron chi connectivity index (χ3n) is 1.50. The van der Waals surface area contributed by atoms with Gasteiger partial charge < -0.3 is 5.73 Å². The summed E-state index contributed by atoms with van der Waals surface area (Å²) in [6.45, 7) is 6.09. The van der Waals surface area contributed by atoms with E-state index in [1.807, 2.05) is 20.8 Å². The Morgan fingerprint density at radius 2 is 2.14 bits per heavy atom. The van der Waals surface area contributed by atoms with E-state index >= 15 is 0 Å². The Balaban J connectivity index is 2.74. The molecule has 0 aliphatic rings. The van der Waals surface area contributed by atoms with E-state index in [0.717, 1.165) is 5.01 Å². The van der Waals surface area contributed by atoms with Crippen LogP contribution in [0.15, 0.2) is 0 Å². The molecular weight excluding hydrogens is 200 g/mol. The Bertz CT molecular complexity index is 328. The minimum Gasteiger partial charge on any atom is -0.322 e. The average molecular weight is 214 g/mol. The molecule has 1 aromatic rings. The molecule has 0 aliphatic carbocycles. The number of aromatic nitrogens is 2. The number of amides is 1. The summed E-state index contributed by atoms with van der Waals surface area (Å²) in [7, 11) is 0. The first-order chi connectivity index (χ1) is 6.43. The number of nitrogens with two attached hydrogens (primary N) is 1. The van der Waals surface area contributed by atoms with Crippen LogP contribution in [0.25, 0.3) is 0 Å². The van der Waals surface area contributed by atoms with Gasteiger partial charge in [0.1, 0.15) is 5.01 Å². The molecule has 1 aromatic heterocycles. The molecule has 14 heavy (non-hydrogen) atoms. The van der Waals surface area contributed by atoms with E-state index in [-0.39, 0.29) is 17.9 Å². The Kier molecular flexibility index (Phi) is 3.17. The Morgan fingerprint density at radius 1 is 1.50 bits per heavy atom. The predicted octanol–water partition coefficient (Wildman–Crippen LogP) is 0.733. The number of nitrogens with zero attached hydrogens (tertiary/aromatic N) is 2. The van der Waals surface area contributed by atoms with Crippen LogP contribution in [-0.4, -0.2) is 22.6 Å². The summed E-state index contributed by atoms with van der Waals surface area (Å²) in [6, 6.07) is 0. The molecule has 6 heteroatoms. The zero-order valence-corrected chi connectivity index (χ0v) is 9.31. The van der Waals surface area contributed by atoms with Crippen LogP contribution in [-0.2, 0) is 10.2 Å². The Morgan fingerprint density at radius 3 is 2.57 bits per heavy atom. The highest BCUT2D eigenvalue weighted by Crippen LogP contribution is 2.27. The Labute approximate surface area is 86.7 Å². The number of hydrogen-bond donors (Lipinski definition) is 2. The van der Waals surface area contributed by atoms with Crippen LogP contribution >= 0.6 is 11.3 Å². The third kappa shape index (κ3) is 2.74. The summed E-state index contributed by atoms with van der Waals surface area (Å²) in [5, 5.41) is 11.8. The van der Waals surface area contributed by atoms with Gasteiger partial charge in [-0.3, -0.25) is 10.1 Å². The molecule has 0 unspecified atom stereocenters. The minimum atomic E-state index is -0.249. The standard InChI is InChI=1S/C8H14N4OS/c1-8(2,3)6-11-12-7(14-6)10-5(13)4-9/h4,9H2,1-3H3,(H,10,12,13). The lowest BCUT2D eigenvalue weighted by Crippen LogP contribution is -2.21. The number of hydrogen-bond acceptors (Lipinski definition) is 5. The van der Waals surface area contributed by atoms with Crippen molar-refractivity contribution < 1.29 is 4.79 Å². The fourth-order valence-corrected chi connectivity index (χ4v) is 1.56. The second-order valence-electron chi connectivity index (χ2n) is 3.91. The largest absolute Gasteiger partial charge is 0.322 e. The predicted molar refractivity (Wildman–Crippen MR) is 56.3 cm³/mol. The molecule has 0 spiro atoms. The minimum absolute atomic E-state index is 0.0373. The van der Waals surface area contributed by atoms with Crippen molar-refractivity contribution >= 4 is 22.4 Å². The Hall–Kier alpha value is -1.01. The number of carbonyl (C=O) groups is 1. The number of carbonyl (C=O) groups excluding carboxylic acids is 1. The molecule has 0 radical (unpaired) electrons. The van der Waals surface area contributed by atoms with Gasteiger partial charge in [-0.1, -0.05) is 32.1 Å². The normalized spacial score (nSPS) is 11.4. The summed E-state index contributed by atoms with van der Waals surface area (Å²) in [6.07, 6.45) is 0. The fourth-order valence-electron chi connectivity index (χ4n) is 0.747. The first-order valence-corrected chi connectivity index (χ1v) is 5.09. The maximum absolute atomic E-state index is 10.9. The average Bonchev–Trinajstić information content (AvgIpc) is 2.51. The van der Waals surface area contributed by atoms with Crippen molar-refractivity contribution in [2.75, 3.05) is 11.9 Å². The SMILES string of the molecule is CC(C)(C)c1nnc(NC(=O)CN)s1. The van der Waals surface area contributed by atoms with Gasteiger partial charge in [-0.15, -0.1) is 10.2 Å². The molecule has 0 atom stereocenters. The second-order valence-corrected chi connectivity index (χ2v) is 4.89. The van der Waals surface area contributed by atoms with Crippen LogP contribution in [0.3, 0.4) is 0 Å². The fraction of sp³-hybridized carbons (Fsp3) is 0.625. The molecule has 78 valence electrons. The molecule has 1 rings (SSSR count). The van der Waals surface area contributed by atoms with Crippen molar-refractivity contribution in [3.63, 3.8) is 0 Å². The van der Waals surface area contributed by atoms with Gasteiger partial charge in [-0.05, 0) is 0 Å². The highest BCUT2D eigenvalue weighted by Gasteiger charge is 2.19. The second kappa shape index (κ2) is 4.02. The smallest absolute Gasteiger partial charge is 0.239 e. The van der Waals surface area contributed by atoms with E-state index in [9.17, 15) is 4.79 Å². The first-order valence-electron chi connectivity index (χ1n) is 4.27. The van der Waals surface area contributed by atoms with Crippen molar-refractivity contribution in [3.8, 4) is 0 Å². The van der Waals surface area contributed by atoms with E-state index in [0.29, 0.717) is 5.13 Å². The highest BCUT2D eigenvalue weighted by molar-refractivity contribution is 7.15. The van der Waals surface area contributed by atoms with Gasteiger partial charge in [0.15, 0.2) is 0 Å². The van der Waals surface area contributed by atoms with E-state index in [1.54, 1.807) is 0 Å². The van der Waals surface area contributed by atoms with E-state index in [2.05, 4.69) is 15.5 Å². The summed E-state index contributed by atoms with van der Waals surface area (Å²) >= 11 is 1.37. The van der Waals surface area contributed by atoms with Crippen LogP contribution in [0, 0.1) is 0 Å². The van der Waals surface area contributed by atoms with Crippen LogP contribution in [0.1, 0.15) is 25.8 Å². The molecule has 1 amide bonds. The monoisotopic (exact) mass is 214 g/mol. The quantitative estimate of drug-likeness (QED) is 0.760. The number of nitrogens with one attached hydrogen (secondary N) is 1. The van der Waals surface area contributed by atoms with Gasteiger partial charge in [-0.25, -0.2) is 0 Å². The van der Waals surface area contributed by atoms with Crippen molar-refractivity contribution in [2.24, 2.45) is 5.73 Å². The van der Waals surface area contributed by atoms with Gasteiger partial charge in [0.2, 0.25) is 11.0 Å². The molecule has 0 saturated carbocycles. The van der Waals surface area contributed by atoms with Crippen LogP contribution < -0.4 is 11.1 Å².